The molecule has 0 aromatic heterocycles. The Balaban J connectivity index is 3.00. The monoisotopic (exact) mass is 277 g/mol. The van der Waals surface area contributed by atoms with Crippen molar-refractivity contribution < 1.29 is 19.8 Å². The molecule has 1 atom stereocenters. The van der Waals surface area contributed by atoms with Gasteiger partial charge in [0.2, 0.25) is 6.41 Å². The van der Waals surface area contributed by atoms with Crippen LogP contribution in [0.15, 0.2) is 12.1 Å². The molecule has 0 aliphatic heterocycles. The summed E-state index contributed by atoms with van der Waals surface area (Å²) in [6.07, 6.45) is 0.169. The maximum absolute atomic E-state index is 10.8. The largest absolute Gasteiger partial charge is 0.506 e. The number of aromatic hydroxyl groups is 1. The third-order valence-corrected chi connectivity index (χ3v) is 2.60. The van der Waals surface area contributed by atoms with Crippen molar-refractivity contribution in [2.24, 2.45) is 0 Å². The second-order valence-electron chi connectivity index (χ2n) is 3.27. The normalized spacial score (nSPS) is 11.9. The predicted molar refractivity (Wildman–Crippen MR) is 62.5 cm³/mol. The molecule has 0 aliphatic rings. The molecule has 92 valence electrons. The SMILES string of the molecule is O=CNC(Cc1cc(Cl)cc(Cl)c1O)C(=O)O. The van der Waals surface area contributed by atoms with Gasteiger partial charge in [0, 0.05) is 11.4 Å². The number of benzene rings is 1. The number of aliphatic carboxylic acids is 1. The summed E-state index contributed by atoms with van der Waals surface area (Å²) in [6.45, 7) is 0. The van der Waals surface area contributed by atoms with E-state index in [2.05, 4.69) is 5.32 Å². The molecule has 0 heterocycles. The quantitative estimate of drug-likeness (QED) is 0.711. The minimum absolute atomic E-state index is 0.0303. The number of carboxylic acid groups (broad SMARTS) is 1. The molecule has 0 bridgehead atoms. The lowest BCUT2D eigenvalue weighted by Crippen LogP contribution is -2.37. The van der Waals surface area contributed by atoms with E-state index in [1.807, 2.05) is 0 Å². The number of rotatable bonds is 5. The van der Waals surface area contributed by atoms with Crippen molar-refractivity contribution in [3.05, 3.63) is 27.7 Å². The van der Waals surface area contributed by atoms with E-state index >= 15 is 0 Å². The second kappa shape index (κ2) is 5.75. The Morgan fingerprint density at radius 2 is 2.12 bits per heavy atom. The number of carbonyl (C=O) groups excluding carboxylic acids is 1. The Morgan fingerprint density at radius 1 is 1.47 bits per heavy atom. The minimum atomic E-state index is -1.22. The smallest absolute Gasteiger partial charge is 0.326 e. The number of phenolic OH excluding ortho intramolecular Hbond substituents is 1. The van der Waals surface area contributed by atoms with Crippen LogP contribution in [0.1, 0.15) is 5.56 Å². The van der Waals surface area contributed by atoms with E-state index in [1.54, 1.807) is 0 Å². The number of nitrogens with one attached hydrogen (secondary N) is 1. The van der Waals surface area contributed by atoms with Gasteiger partial charge in [0.05, 0.1) is 5.02 Å². The van der Waals surface area contributed by atoms with E-state index in [1.165, 1.54) is 12.1 Å². The summed E-state index contributed by atoms with van der Waals surface area (Å²) in [6, 6.07) is 1.59. The lowest BCUT2D eigenvalue weighted by atomic mass is 10.1. The highest BCUT2D eigenvalue weighted by atomic mass is 35.5. The van der Waals surface area contributed by atoms with E-state index in [4.69, 9.17) is 28.3 Å². The van der Waals surface area contributed by atoms with Gasteiger partial charge in [-0.05, 0) is 17.7 Å². The summed E-state index contributed by atoms with van der Waals surface area (Å²) >= 11 is 11.4. The fourth-order valence-electron chi connectivity index (χ4n) is 1.29. The zero-order valence-corrected chi connectivity index (χ0v) is 10.00. The summed E-state index contributed by atoms with van der Waals surface area (Å²) < 4.78 is 0. The number of hydrogen-bond acceptors (Lipinski definition) is 3. The molecule has 17 heavy (non-hydrogen) atoms. The first-order valence-corrected chi connectivity index (χ1v) is 5.30. The van der Waals surface area contributed by atoms with Crippen LogP contribution >= 0.6 is 23.2 Å². The number of amides is 1. The van der Waals surface area contributed by atoms with Crippen LogP contribution in [-0.2, 0) is 16.0 Å². The molecule has 1 aromatic carbocycles. The molecule has 3 N–H and O–H groups in total. The van der Waals surface area contributed by atoms with Crippen molar-refractivity contribution in [3.63, 3.8) is 0 Å². The van der Waals surface area contributed by atoms with Gasteiger partial charge in [-0.2, -0.15) is 0 Å². The van der Waals surface area contributed by atoms with Crippen LogP contribution in [0.2, 0.25) is 10.0 Å². The van der Waals surface area contributed by atoms with Crippen molar-refractivity contribution in [1.29, 1.82) is 0 Å². The molecule has 0 radical (unpaired) electrons. The summed E-state index contributed by atoms with van der Waals surface area (Å²) in [7, 11) is 0. The molecule has 0 aliphatic carbocycles. The Morgan fingerprint density at radius 3 is 2.65 bits per heavy atom. The first-order valence-electron chi connectivity index (χ1n) is 4.55. The Labute approximate surface area is 107 Å². The molecule has 5 nitrogen and oxygen atoms in total. The van der Waals surface area contributed by atoms with Crippen LogP contribution in [0, 0.1) is 0 Å². The molecular weight excluding hydrogens is 269 g/mol. The van der Waals surface area contributed by atoms with Gasteiger partial charge in [-0.15, -0.1) is 0 Å². The van der Waals surface area contributed by atoms with Gasteiger partial charge in [-0.1, -0.05) is 23.2 Å². The van der Waals surface area contributed by atoms with Gasteiger partial charge in [0.25, 0.3) is 0 Å². The maximum atomic E-state index is 10.8. The standard InChI is InChI=1S/C10H9Cl2NO4/c11-6-1-5(9(15)7(12)3-6)2-8(10(16)17)13-4-14/h1,3-4,8,15H,2H2,(H,13,14)(H,16,17). The summed E-state index contributed by atoms with van der Waals surface area (Å²) in [5.41, 5.74) is 0.254. The van der Waals surface area contributed by atoms with E-state index in [-0.39, 0.29) is 34.2 Å². The fraction of sp³-hybridized carbons (Fsp3) is 0.200. The zero-order chi connectivity index (χ0) is 13.0. The van der Waals surface area contributed by atoms with Crippen molar-refractivity contribution in [2.75, 3.05) is 0 Å². The molecule has 0 fully saturated rings. The van der Waals surface area contributed by atoms with Crippen LogP contribution in [0.25, 0.3) is 0 Å². The Bertz CT molecular complexity index is 450. The number of hydrogen-bond donors (Lipinski definition) is 3. The van der Waals surface area contributed by atoms with Crippen LogP contribution in [0.5, 0.6) is 5.75 Å². The summed E-state index contributed by atoms with van der Waals surface area (Å²) in [5, 5.41) is 20.9. The van der Waals surface area contributed by atoms with Crippen LogP contribution in [0.3, 0.4) is 0 Å². The summed E-state index contributed by atoms with van der Waals surface area (Å²) in [5.74, 6) is -1.46. The molecular formula is C10H9Cl2NO4. The number of carbonyl (C=O) groups is 2. The minimum Gasteiger partial charge on any atom is -0.506 e. The first-order chi connectivity index (χ1) is 7.95. The van der Waals surface area contributed by atoms with Crippen LogP contribution in [0.4, 0.5) is 0 Å². The van der Waals surface area contributed by atoms with Crippen molar-refractivity contribution >= 4 is 35.6 Å². The van der Waals surface area contributed by atoms with Gasteiger partial charge < -0.3 is 15.5 Å². The van der Waals surface area contributed by atoms with Gasteiger partial charge in [0.1, 0.15) is 11.8 Å². The summed E-state index contributed by atoms with van der Waals surface area (Å²) in [4.78, 5) is 21.0. The Hall–Kier alpha value is -1.46. The number of carboxylic acids is 1. The van der Waals surface area contributed by atoms with Crippen molar-refractivity contribution in [1.82, 2.24) is 5.32 Å². The van der Waals surface area contributed by atoms with Crippen LogP contribution < -0.4 is 5.32 Å². The van der Waals surface area contributed by atoms with Gasteiger partial charge in [0.15, 0.2) is 0 Å². The zero-order valence-electron chi connectivity index (χ0n) is 8.48. The highest BCUT2D eigenvalue weighted by Gasteiger charge is 2.19. The lowest BCUT2D eigenvalue weighted by Gasteiger charge is -2.13. The third-order valence-electron chi connectivity index (χ3n) is 2.10. The molecule has 1 rings (SSSR count). The molecule has 1 unspecified atom stereocenters. The topological polar surface area (TPSA) is 86.6 Å². The molecule has 1 amide bonds. The van der Waals surface area contributed by atoms with E-state index in [0.717, 1.165) is 0 Å². The van der Waals surface area contributed by atoms with Crippen molar-refractivity contribution in [3.8, 4) is 5.75 Å². The fourth-order valence-corrected chi connectivity index (χ4v) is 1.83. The van der Waals surface area contributed by atoms with E-state index < -0.39 is 12.0 Å². The first kappa shape index (κ1) is 13.6. The number of halogens is 2. The van der Waals surface area contributed by atoms with E-state index in [0.29, 0.717) is 0 Å². The molecule has 0 saturated heterocycles. The molecule has 1 aromatic rings. The molecule has 0 saturated carbocycles. The highest BCUT2D eigenvalue weighted by Crippen LogP contribution is 2.31. The average molecular weight is 278 g/mol. The second-order valence-corrected chi connectivity index (χ2v) is 4.12. The van der Waals surface area contributed by atoms with E-state index in [9.17, 15) is 14.7 Å². The molecule has 7 heteroatoms. The highest BCUT2D eigenvalue weighted by molar-refractivity contribution is 6.35. The maximum Gasteiger partial charge on any atom is 0.326 e. The molecule has 0 spiro atoms. The Kier molecular flexibility index (Phi) is 4.60. The predicted octanol–water partition coefficient (Wildman–Crippen LogP) is 1.44. The lowest BCUT2D eigenvalue weighted by molar-refractivity contribution is -0.140. The average Bonchev–Trinajstić information content (AvgIpc) is 2.24. The van der Waals surface area contributed by atoms with Gasteiger partial charge >= 0.3 is 5.97 Å². The van der Waals surface area contributed by atoms with Gasteiger partial charge in [-0.3, -0.25) is 4.79 Å². The van der Waals surface area contributed by atoms with Crippen LogP contribution in [-0.4, -0.2) is 28.6 Å². The third kappa shape index (κ3) is 3.51. The van der Waals surface area contributed by atoms with Gasteiger partial charge in [-0.25, -0.2) is 4.79 Å². The van der Waals surface area contributed by atoms with Crippen molar-refractivity contribution in [2.45, 2.75) is 12.5 Å². The number of phenols is 1.